The number of hydrazone groups is 1. The number of benzene rings is 3. The lowest BCUT2D eigenvalue weighted by molar-refractivity contribution is -0.129. The Balaban J connectivity index is 1.22. The summed E-state index contributed by atoms with van der Waals surface area (Å²) >= 11 is 0. The average Bonchev–Trinajstić information content (AvgIpc) is 3.49. The van der Waals surface area contributed by atoms with E-state index in [1.54, 1.807) is 36.4 Å². The summed E-state index contributed by atoms with van der Waals surface area (Å²) in [5.74, 6) is -0.617. The van der Waals surface area contributed by atoms with Crippen molar-refractivity contribution >= 4 is 40.7 Å². The molecule has 0 spiro atoms. The van der Waals surface area contributed by atoms with Crippen LogP contribution in [-0.2, 0) is 27.2 Å². The topological polar surface area (TPSA) is 82.4 Å². The predicted molar refractivity (Wildman–Crippen MR) is 207 cm³/mol. The summed E-state index contributed by atoms with van der Waals surface area (Å²) in [5, 5.41) is 15.4. The van der Waals surface area contributed by atoms with Crippen LogP contribution in [0.25, 0.3) is 6.08 Å². The van der Waals surface area contributed by atoms with Gasteiger partial charge in [-0.15, -0.1) is 0 Å². The van der Waals surface area contributed by atoms with E-state index in [-0.39, 0.29) is 11.3 Å². The average molecular weight is 684 g/mol. The maximum atomic E-state index is 13.7. The van der Waals surface area contributed by atoms with Crippen LogP contribution in [0.5, 0.6) is 0 Å². The SMILES string of the molecule is CCCCCCCCc1ccc(N2CCCc3cc(/C=C/C4=CC(=C5\C(=O)N(c6ccccc6)N=C5C(=O)O)/C=C(C(C)(C)C)O4)ccc32)cc1. The summed E-state index contributed by atoms with van der Waals surface area (Å²) in [6, 6.07) is 24.5. The molecular weight excluding hydrogens is 635 g/mol. The van der Waals surface area contributed by atoms with Crippen molar-refractivity contribution in [1.29, 1.82) is 0 Å². The highest BCUT2D eigenvalue weighted by molar-refractivity contribution is 6.53. The summed E-state index contributed by atoms with van der Waals surface area (Å²) < 4.78 is 6.33. The van der Waals surface area contributed by atoms with Crippen molar-refractivity contribution in [3.8, 4) is 0 Å². The Labute approximate surface area is 302 Å². The zero-order valence-corrected chi connectivity index (χ0v) is 30.3. The molecule has 0 radical (unpaired) electrons. The van der Waals surface area contributed by atoms with Gasteiger partial charge in [0.15, 0.2) is 5.71 Å². The normalized spacial score (nSPS) is 17.6. The lowest BCUT2D eigenvalue weighted by atomic mass is 9.89. The molecular formula is C44H49N3O4. The molecule has 3 aliphatic heterocycles. The number of amides is 1. The van der Waals surface area contributed by atoms with Crippen molar-refractivity contribution in [3.05, 3.63) is 130 Å². The maximum absolute atomic E-state index is 13.7. The van der Waals surface area contributed by atoms with Crippen molar-refractivity contribution in [2.75, 3.05) is 16.5 Å². The van der Waals surface area contributed by atoms with Gasteiger partial charge in [0.1, 0.15) is 11.5 Å². The van der Waals surface area contributed by atoms with Gasteiger partial charge in [-0.3, -0.25) is 4.79 Å². The summed E-state index contributed by atoms with van der Waals surface area (Å²) in [7, 11) is 0. The monoisotopic (exact) mass is 683 g/mol. The van der Waals surface area contributed by atoms with E-state index in [2.05, 4.69) is 59.4 Å². The minimum Gasteiger partial charge on any atom is -0.476 e. The minimum atomic E-state index is -1.26. The standard InChI is InChI=1S/C44H49N3O4/c1-5-6-7-8-9-11-15-31-19-23-35(24-20-31)46-27-14-16-33-28-32(22-26-38(33)46)21-25-37-29-34(30-39(51-37)44(2,3)4)40-41(43(49)50)45-47(42(40)48)36-17-12-10-13-18-36/h10,12-13,17-26,28-30H,5-9,11,14-16,27H2,1-4H3,(H,49,50)/b25-21+,40-34+. The molecule has 51 heavy (non-hydrogen) atoms. The molecule has 0 unspecified atom stereocenters. The number of aryl methyl sites for hydroxylation is 2. The summed E-state index contributed by atoms with van der Waals surface area (Å²) in [6.45, 7) is 9.31. The number of hydrogen-bond acceptors (Lipinski definition) is 5. The van der Waals surface area contributed by atoms with Gasteiger partial charge in [-0.25, -0.2) is 4.79 Å². The fraction of sp³-hybridized carbons (Fsp3) is 0.341. The van der Waals surface area contributed by atoms with Gasteiger partial charge in [0.05, 0.1) is 11.3 Å². The number of hydrogen-bond donors (Lipinski definition) is 1. The van der Waals surface area contributed by atoms with E-state index in [1.165, 1.54) is 61.0 Å². The number of para-hydroxylation sites is 1. The second kappa shape index (κ2) is 15.8. The first kappa shape index (κ1) is 35.6. The Bertz CT molecular complexity index is 1910. The number of carboxylic acids is 1. The zero-order valence-electron chi connectivity index (χ0n) is 30.3. The first-order chi connectivity index (χ1) is 24.6. The van der Waals surface area contributed by atoms with E-state index in [1.807, 2.05) is 39.0 Å². The van der Waals surface area contributed by atoms with E-state index < -0.39 is 17.3 Å². The fourth-order valence-electron chi connectivity index (χ4n) is 6.79. The molecule has 1 N–H and O–H groups in total. The number of aliphatic carboxylic acids is 1. The highest BCUT2D eigenvalue weighted by atomic mass is 16.5. The summed E-state index contributed by atoms with van der Waals surface area (Å²) in [5.41, 5.74) is 6.51. The van der Waals surface area contributed by atoms with Crippen LogP contribution in [0.4, 0.5) is 17.1 Å². The molecule has 7 heteroatoms. The van der Waals surface area contributed by atoms with Crippen LogP contribution in [0.2, 0.25) is 0 Å². The van der Waals surface area contributed by atoms with Crippen LogP contribution in [-0.4, -0.2) is 29.2 Å². The van der Waals surface area contributed by atoms with Gasteiger partial charge in [0, 0.05) is 23.3 Å². The molecule has 6 rings (SSSR count). The van der Waals surface area contributed by atoms with Crippen LogP contribution < -0.4 is 9.91 Å². The molecule has 3 aromatic carbocycles. The van der Waals surface area contributed by atoms with Crippen LogP contribution in [0.15, 0.2) is 119 Å². The van der Waals surface area contributed by atoms with Gasteiger partial charge in [-0.2, -0.15) is 10.1 Å². The van der Waals surface area contributed by atoms with Gasteiger partial charge in [-0.1, -0.05) is 102 Å². The maximum Gasteiger partial charge on any atom is 0.357 e. The Morgan fingerprint density at radius 2 is 1.65 bits per heavy atom. The Morgan fingerprint density at radius 1 is 0.902 bits per heavy atom. The number of rotatable bonds is 12. The lowest BCUT2D eigenvalue weighted by Crippen LogP contribution is -2.24. The quantitative estimate of drug-likeness (QED) is 0.152. The number of allylic oxidation sites excluding steroid dienone is 5. The van der Waals surface area contributed by atoms with Gasteiger partial charge in [-0.05, 0) is 103 Å². The van der Waals surface area contributed by atoms with Crippen molar-refractivity contribution in [2.45, 2.75) is 85.5 Å². The number of carboxylic acid groups (broad SMARTS) is 1. The molecule has 0 atom stereocenters. The van der Waals surface area contributed by atoms with E-state index >= 15 is 0 Å². The molecule has 264 valence electrons. The molecule has 1 amide bonds. The Hall–Kier alpha value is -5.17. The Morgan fingerprint density at radius 3 is 2.37 bits per heavy atom. The molecule has 0 bridgehead atoms. The molecule has 3 aromatic rings. The van der Waals surface area contributed by atoms with Crippen LogP contribution in [0.1, 0.15) is 89.3 Å². The van der Waals surface area contributed by atoms with Crippen molar-refractivity contribution in [2.24, 2.45) is 10.5 Å². The number of unbranched alkanes of at least 4 members (excludes halogenated alkanes) is 5. The first-order valence-electron chi connectivity index (χ1n) is 18.4. The smallest absolute Gasteiger partial charge is 0.357 e. The minimum absolute atomic E-state index is 0.0339. The van der Waals surface area contributed by atoms with Crippen molar-refractivity contribution in [1.82, 2.24) is 0 Å². The highest BCUT2D eigenvalue weighted by Crippen LogP contribution is 2.38. The third-order valence-corrected chi connectivity index (χ3v) is 9.62. The number of carbonyl (C=O) groups is 2. The lowest BCUT2D eigenvalue weighted by Gasteiger charge is -2.32. The summed E-state index contributed by atoms with van der Waals surface area (Å²) in [4.78, 5) is 28.5. The predicted octanol–water partition coefficient (Wildman–Crippen LogP) is 10.3. The third-order valence-electron chi connectivity index (χ3n) is 9.62. The number of carbonyl (C=O) groups excluding carboxylic acids is 1. The largest absolute Gasteiger partial charge is 0.476 e. The van der Waals surface area contributed by atoms with Crippen LogP contribution in [0, 0.1) is 5.41 Å². The zero-order chi connectivity index (χ0) is 36.0. The molecule has 3 heterocycles. The van der Waals surface area contributed by atoms with Crippen LogP contribution in [0.3, 0.4) is 0 Å². The third kappa shape index (κ3) is 8.42. The molecule has 0 saturated heterocycles. The molecule has 7 nitrogen and oxygen atoms in total. The summed E-state index contributed by atoms with van der Waals surface area (Å²) in [6.07, 6.45) is 18.5. The van der Waals surface area contributed by atoms with Gasteiger partial charge >= 0.3 is 5.97 Å². The fourth-order valence-corrected chi connectivity index (χ4v) is 6.79. The van der Waals surface area contributed by atoms with E-state index in [0.29, 0.717) is 22.8 Å². The van der Waals surface area contributed by atoms with E-state index in [4.69, 9.17) is 4.74 Å². The second-order valence-corrected chi connectivity index (χ2v) is 14.6. The van der Waals surface area contributed by atoms with Gasteiger partial charge in [0.25, 0.3) is 5.91 Å². The molecule has 0 aromatic heterocycles. The number of fused-ring (bicyclic) bond motifs is 1. The van der Waals surface area contributed by atoms with E-state index in [0.717, 1.165) is 36.4 Å². The molecule has 3 aliphatic rings. The van der Waals surface area contributed by atoms with Crippen LogP contribution >= 0.6 is 0 Å². The molecule has 0 saturated carbocycles. The second-order valence-electron chi connectivity index (χ2n) is 14.6. The van der Waals surface area contributed by atoms with Crippen molar-refractivity contribution < 1.29 is 19.4 Å². The Kier molecular flexibility index (Phi) is 11.0. The van der Waals surface area contributed by atoms with Gasteiger partial charge < -0.3 is 14.7 Å². The highest BCUT2D eigenvalue weighted by Gasteiger charge is 2.38. The number of ether oxygens (including phenoxy) is 1. The molecule has 0 aliphatic carbocycles. The van der Waals surface area contributed by atoms with E-state index in [9.17, 15) is 14.7 Å². The first-order valence-corrected chi connectivity index (χ1v) is 18.4. The number of anilines is 3. The molecule has 0 fully saturated rings. The van der Waals surface area contributed by atoms with Crippen molar-refractivity contribution in [3.63, 3.8) is 0 Å². The van der Waals surface area contributed by atoms with Gasteiger partial charge in [0.2, 0.25) is 0 Å². The number of nitrogens with zero attached hydrogens (tertiary/aromatic N) is 3.